The summed E-state index contributed by atoms with van der Waals surface area (Å²) in [6.45, 7) is 6.00. The molecule has 0 aliphatic rings. The fraction of sp³-hybridized carbons (Fsp3) is 0.333. The number of carbonyl (C=O) groups is 1. The largest absolute Gasteiger partial charge is 0.449 e. The summed E-state index contributed by atoms with van der Waals surface area (Å²) in [7, 11) is 0. The van der Waals surface area contributed by atoms with Gasteiger partial charge < -0.3 is 4.74 Å². The average Bonchev–Trinajstić information content (AvgIpc) is 2.28. The van der Waals surface area contributed by atoms with Crippen molar-refractivity contribution in [1.29, 1.82) is 0 Å². The molecule has 0 aliphatic heterocycles. The highest BCUT2D eigenvalue weighted by molar-refractivity contribution is 5.88. The quantitative estimate of drug-likeness (QED) is 0.792. The lowest BCUT2D eigenvalue weighted by Gasteiger charge is -2.26. The van der Waals surface area contributed by atoms with Crippen LogP contribution in [-0.2, 0) is 4.74 Å². The lowest BCUT2D eigenvalue weighted by molar-refractivity contribution is -0.120. The third kappa shape index (κ3) is 3.97. The molecule has 0 radical (unpaired) electrons. The first-order valence-corrected chi connectivity index (χ1v) is 5.40. The van der Waals surface area contributed by atoms with E-state index in [4.69, 9.17) is 0 Å². The molecule has 0 saturated carbocycles. The van der Waals surface area contributed by atoms with Gasteiger partial charge in [-0.1, -0.05) is 6.58 Å². The van der Waals surface area contributed by atoms with Crippen molar-refractivity contribution in [2.45, 2.75) is 26.1 Å². The Kier molecular flexibility index (Phi) is 4.52. The number of nitrogens with zero attached hydrogens (tertiary/aromatic N) is 2. The monoisotopic (exact) mass is 274 g/mol. The summed E-state index contributed by atoms with van der Waals surface area (Å²) in [5, 5.41) is 0. The minimum atomic E-state index is -4.77. The van der Waals surface area contributed by atoms with Crippen molar-refractivity contribution in [1.82, 2.24) is 4.98 Å². The second-order valence-electron chi connectivity index (χ2n) is 3.96. The van der Waals surface area contributed by atoms with Gasteiger partial charge in [0, 0.05) is 18.4 Å². The van der Waals surface area contributed by atoms with Crippen LogP contribution in [0, 0.1) is 0 Å². The van der Waals surface area contributed by atoms with Crippen LogP contribution in [0.4, 0.5) is 23.7 Å². The molecular formula is C12H13F3N2O2. The Bertz CT molecular complexity index is 458. The first-order chi connectivity index (χ1) is 8.73. The third-order valence-electron chi connectivity index (χ3n) is 2.18. The van der Waals surface area contributed by atoms with E-state index in [0.717, 1.165) is 4.90 Å². The van der Waals surface area contributed by atoms with Crippen LogP contribution in [-0.4, -0.2) is 23.3 Å². The molecule has 0 bridgehead atoms. The first kappa shape index (κ1) is 15.0. The molecule has 0 unspecified atom stereocenters. The molecule has 0 atom stereocenters. The number of amides is 1. The van der Waals surface area contributed by atoms with Crippen LogP contribution in [0.2, 0.25) is 0 Å². The number of hydrogen-bond acceptors (Lipinski definition) is 3. The van der Waals surface area contributed by atoms with E-state index in [9.17, 15) is 18.0 Å². The number of rotatable bonds is 3. The minimum absolute atomic E-state index is 0.379. The Morgan fingerprint density at radius 2 is 1.89 bits per heavy atom. The Labute approximate surface area is 108 Å². The van der Waals surface area contributed by atoms with Crippen LogP contribution in [0.1, 0.15) is 13.8 Å². The van der Waals surface area contributed by atoms with Gasteiger partial charge in [0.15, 0.2) is 0 Å². The molecule has 0 saturated heterocycles. The lowest BCUT2D eigenvalue weighted by Crippen LogP contribution is -2.38. The molecule has 1 aromatic rings. The second-order valence-corrected chi connectivity index (χ2v) is 3.96. The number of anilines is 1. The molecule has 0 fully saturated rings. The maximum absolute atomic E-state index is 12.3. The standard InChI is InChI=1S/C12H13F3N2O2/c1-8(2)17(10-4-6-16-7-5-10)11(18)19-9(3)12(13,14)15/h4-8H,3H2,1-2H3. The number of aromatic nitrogens is 1. The predicted molar refractivity (Wildman–Crippen MR) is 63.5 cm³/mol. The zero-order chi connectivity index (χ0) is 14.6. The molecule has 104 valence electrons. The molecule has 1 rings (SSSR count). The topological polar surface area (TPSA) is 42.4 Å². The molecule has 7 heteroatoms. The van der Waals surface area contributed by atoms with Crippen LogP contribution in [0.5, 0.6) is 0 Å². The molecule has 0 N–H and O–H groups in total. The molecule has 4 nitrogen and oxygen atoms in total. The van der Waals surface area contributed by atoms with Crippen molar-refractivity contribution in [3.63, 3.8) is 0 Å². The third-order valence-corrected chi connectivity index (χ3v) is 2.18. The number of alkyl halides is 3. The van der Waals surface area contributed by atoms with Crippen molar-refractivity contribution < 1.29 is 22.7 Å². The molecule has 1 amide bonds. The fourth-order valence-electron chi connectivity index (χ4n) is 1.33. The number of ether oxygens (including phenoxy) is 1. The normalized spacial score (nSPS) is 11.3. The summed E-state index contributed by atoms with van der Waals surface area (Å²) in [4.78, 5) is 16.6. The Morgan fingerprint density at radius 1 is 1.37 bits per heavy atom. The van der Waals surface area contributed by atoms with Gasteiger partial charge in [0.05, 0.1) is 5.69 Å². The van der Waals surface area contributed by atoms with Gasteiger partial charge in [0.25, 0.3) is 0 Å². The zero-order valence-electron chi connectivity index (χ0n) is 10.4. The molecule has 0 aliphatic carbocycles. The zero-order valence-corrected chi connectivity index (χ0v) is 10.4. The predicted octanol–water partition coefficient (Wildman–Crippen LogP) is 3.51. The van der Waals surface area contributed by atoms with E-state index < -0.39 is 18.0 Å². The summed E-state index contributed by atoms with van der Waals surface area (Å²) in [6.07, 6.45) is -3.05. The maximum atomic E-state index is 12.3. The van der Waals surface area contributed by atoms with E-state index in [1.807, 2.05) is 0 Å². The minimum Gasteiger partial charge on any atom is -0.405 e. The smallest absolute Gasteiger partial charge is 0.405 e. The lowest BCUT2D eigenvalue weighted by atomic mass is 10.3. The van der Waals surface area contributed by atoms with E-state index in [1.165, 1.54) is 24.5 Å². The van der Waals surface area contributed by atoms with Gasteiger partial charge in [0.1, 0.15) is 0 Å². The number of pyridine rings is 1. The van der Waals surface area contributed by atoms with Crippen LogP contribution in [0.15, 0.2) is 36.9 Å². The maximum Gasteiger partial charge on any atom is 0.449 e. The van der Waals surface area contributed by atoms with Gasteiger partial charge in [-0.15, -0.1) is 0 Å². The molecule has 0 aromatic carbocycles. The van der Waals surface area contributed by atoms with Gasteiger partial charge in [-0.05, 0) is 26.0 Å². The van der Waals surface area contributed by atoms with E-state index in [-0.39, 0.29) is 6.04 Å². The molecule has 19 heavy (non-hydrogen) atoms. The first-order valence-electron chi connectivity index (χ1n) is 5.40. The van der Waals surface area contributed by atoms with Gasteiger partial charge in [-0.2, -0.15) is 13.2 Å². The number of halogens is 3. The highest BCUT2D eigenvalue weighted by Crippen LogP contribution is 2.26. The van der Waals surface area contributed by atoms with Gasteiger partial charge in [-0.25, -0.2) is 4.79 Å². The molecule has 0 spiro atoms. The molecular weight excluding hydrogens is 261 g/mol. The Morgan fingerprint density at radius 3 is 2.32 bits per heavy atom. The number of hydrogen-bond donors (Lipinski definition) is 0. The van der Waals surface area contributed by atoms with Crippen molar-refractivity contribution in [3.05, 3.63) is 36.9 Å². The molecule has 1 aromatic heterocycles. The number of carbonyl (C=O) groups excluding carboxylic acids is 1. The van der Waals surface area contributed by atoms with Crippen LogP contribution in [0.3, 0.4) is 0 Å². The van der Waals surface area contributed by atoms with E-state index in [0.29, 0.717) is 5.69 Å². The summed E-state index contributed by atoms with van der Waals surface area (Å²) in [5.74, 6) is -1.54. The van der Waals surface area contributed by atoms with Crippen LogP contribution >= 0.6 is 0 Å². The number of allylic oxidation sites excluding steroid dienone is 1. The van der Waals surface area contributed by atoms with E-state index >= 15 is 0 Å². The van der Waals surface area contributed by atoms with Crippen LogP contribution in [0.25, 0.3) is 0 Å². The van der Waals surface area contributed by atoms with Crippen molar-refractivity contribution in [3.8, 4) is 0 Å². The summed E-state index contributed by atoms with van der Waals surface area (Å²) in [5.41, 5.74) is 0.393. The van der Waals surface area contributed by atoms with Crippen molar-refractivity contribution >= 4 is 11.8 Å². The van der Waals surface area contributed by atoms with E-state index in [1.54, 1.807) is 13.8 Å². The summed E-state index contributed by atoms with van der Waals surface area (Å²) in [6, 6.07) is 2.62. The van der Waals surface area contributed by atoms with Gasteiger partial charge in [0.2, 0.25) is 5.76 Å². The van der Waals surface area contributed by atoms with E-state index in [2.05, 4.69) is 16.3 Å². The van der Waals surface area contributed by atoms with Crippen molar-refractivity contribution in [2.75, 3.05) is 4.90 Å². The fourth-order valence-corrected chi connectivity index (χ4v) is 1.33. The Balaban J connectivity index is 2.90. The van der Waals surface area contributed by atoms with Crippen molar-refractivity contribution in [2.24, 2.45) is 0 Å². The average molecular weight is 274 g/mol. The van der Waals surface area contributed by atoms with Crippen LogP contribution < -0.4 is 4.90 Å². The highest BCUT2D eigenvalue weighted by Gasteiger charge is 2.37. The summed E-state index contributed by atoms with van der Waals surface area (Å²) >= 11 is 0. The molecule has 1 heterocycles. The highest BCUT2D eigenvalue weighted by atomic mass is 19.4. The second kappa shape index (κ2) is 5.73. The summed E-state index contributed by atoms with van der Waals surface area (Å²) < 4.78 is 41.1. The van der Waals surface area contributed by atoms with Gasteiger partial charge in [-0.3, -0.25) is 9.88 Å². The van der Waals surface area contributed by atoms with Gasteiger partial charge >= 0.3 is 12.3 Å². The SMILES string of the molecule is C=C(OC(=O)N(c1ccncc1)C(C)C)C(F)(F)F. The Hall–Kier alpha value is -2.05.